The lowest BCUT2D eigenvalue weighted by Crippen LogP contribution is -2.18. The molecule has 1 aliphatic carbocycles. The van der Waals surface area contributed by atoms with Gasteiger partial charge in [-0.1, -0.05) is 24.3 Å². The molecule has 0 aromatic heterocycles. The predicted octanol–water partition coefficient (Wildman–Crippen LogP) is 2.31. The molecule has 3 rings (SSSR count). The molecule has 1 aromatic rings. The van der Waals surface area contributed by atoms with Gasteiger partial charge in [0.05, 0.1) is 5.70 Å². The van der Waals surface area contributed by atoms with Gasteiger partial charge >= 0.3 is 0 Å². The van der Waals surface area contributed by atoms with Gasteiger partial charge in [0.2, 0.25) is 0 Å². The summed E-state index contributed by atoms with van der Waals surface area (Å²) in [6.45, 7) is 5.64. The van der Waals surface area contributed by atoms with Crippen LogP contribution in [-0.2, 0) is 22.4 Å². The van der Waals surface area contributed by atoms with Crippen LogP contribution in [0.3, 0.4) is 0 Å². The fraction of sp³-hybridized carbons (Fsp3) is 0.438. The van der Waals surface area contributed by atoms with E-state index < -0.39 is 0 Å². The molecule has 1 saturated heterocycles. The summed E-state index contributed by atoms with van der Waals surface area (Å²) in [6, 6.07) is 8.41. The van der Waals surface area contributed by atoms with Gasteiger partial charge in [-0.25, -0.2) is 0 Å². The molecule has 0 radical (unpaired) electrons. The topological polar surface area (TPSA) is 29.3 Å². The molecule has 100 valence electrons. The second-order valence-corrected chi connectivity index (χ2v) is 5.37. The average molecular weight is 257 g/mol. The van der Waals surface area contributed by atoms with Gasteiger partial charge in [-0.2, -0.15) is 0 Å². The van der Waals surface area contributed by atoms with Gasteiger partial charge in [-0.05, 0) is 18.1 Å². The fourth-order valence-electron chi connectivity index (χ4n) is 2.72. The first-order chi connectivity index (χ1) is 9.15. The maximum absolute atomic E-state index is 11.8. The number of ether oxygens (including phenoxy) is 1. The molecule has 1 aromatic carbocycles. The molecule has 3 heteroatoms. The molecule has 1 fully saturated rings. The number of benzene rings is 1. The van der Waals surface area contributed by atoms with E-state index in [1.54, 1.807) is 6.92 Å². The van der Waals surface area contributed by atoms with Gasteiger partial charge in [0.15, 0.2) is 11.5 Å². The molecule has 19 heavy (non-hydrogen) atoms. The van der Waals surface area contributed by atoms with Gasteiger partial charge in [0, 0.05) is 32.9 Å². The molecule has 1 heterocycles. The highest BCUT2D eigenvalue weighted by molar-refractivity contribution is 5.91. The predicted molar refractivity (Wildman–Crippen MR) is 73.7 cm³/mol. The molecule has 3 nitrogen and oxygen atoms in total. The third kappa shape index (κ3) is 2.50. The van der Waals surface area contributed by atoms with Crippen molar-refractivity contribution in [2.75, 3.05) is 13.1 Å². The minimum Gasteiger partial charge on any atom is -0.484 e. The van der Waals surface area contributed by atoms with E-state index in [-0.39, 0.29) is 11.9 Å². The van der Waals surface area contributed by atoms with Crippen molar-refractivity contribution in [3.8, 4) is 0 Å². The second kappa shape index (κ2) is 4.72. The standard InChI is InChI=1S/C16H19NO2/c1-11(17-7-8-17)16(12(2)18)19-15-9-13-5-3-4-6-14(13)10-15/h3-6,15H,7-10H2,1-2H3/b16-11-. The van der Waals surface area contributed by atoms with Crippen LogP contribution in [-0.4, -0.2) is 29.9 Å². The number of Topliss-reactive ketones (excluding diaryl/α,β-unsaturated/α-hetero) is 1. The summed E-state index contributed by atoms with van der Waals surface area (Å²) < 4.78 is 6.01. The van der Waals surface area contributed by atoms with Crippen molar-refractivity contribution in [3.05, 3.63) is 46.8 Å². The molecule has 0 bridgehead atoms. The highest BCUT2D eigenvalue weighted by Crippen LogP contribution is 2.27. The molecular weight excluding hydrogens is 238 g/mol. The normalized spacial score (nSPS) is 18.9. The smallest absolute Gasteiger partial charge is 0.196 e. The van der Waals surface area contributed by atoms with Crippen molar-refractivity contribution in [3.63, 3.8) is 0 Å². The molecule has 0 amide bonds. The minimum absolute atomic E-state index is 0.0281. The molecule has 1 aliphatic heterocycles. The van der Waals surface area contributed by atoms with Crippen molar-refractivity contribution in [2.45, 2.75) is 32.8 Å². The highest BCUT2D eigenvalue weighted by Gasteiger charge is 2.28. The van der Waals surface area contributed by atoms with Crippen molar-refractivity contribution >= 4 is 5.78 Å². The van der Waals surface area contributed by atoms with Gasteiger partial charge in [0.1, 0.15) is 6.10 Å². The third-order valence-electron chi connectivity index (χ3n) is 3.87. The Balaban J connectivity index is 1.75. The van der Waals surface area contributed by atoms with Crippen LogP contribution in [0.1, 0.15) is 25.0 Å². The lowest BCUT2D eigenvalue weighted by molar-refractivity contribution is -0.118. The Morgan fingerprint density at radius 3 is 2.21 bits per heavy atom. The molecule has 0 spiro atoms. The third-order valence-corrected chi connectivity index (χ3v) is 3.87. The van der Waals surface area contributed by atoms with Crippen LogP contribution in [0.2, 0.25) is 0 Å². The Morgan fingerprint density at radius 1 is 1.16 bits per heavy atom. The second-order valence-electron chi connectivity index (χ2n) is 5.37. The monoisotopic (exact) mass is 257 g/mol. The van der Waals surface area contributed by atoms with Crippen LogP contribution in [0.25, 0.3) is 0 Å². The quantitative estimate of drug-likeness (QED) is 0.471. The number of ketones is 1. The summed E-state index contributed by atoms with van der Waals surface area (Å²) >= 11 is 0. The molecule has 0 saturated carbocycles. The van der Waals surface area contributed by atoms with Crippen LogP contribution in [0, 0.1) is 0 Å². The number of hydrogen-bond donors (Lipinski definition) is 0. The van der Waals surface area contributed by atoms with E-state index in [1.165, 1.54) is 11.1 Å². The summed E-state index contributed by atoms with van der Waals surface area (Å²) in [5.41, 5.74) is 3.68. The van der Waals surface area contributed by atoms with E-state index in [0.717, 1.165) is 31.6 Å². The van der Waals surface area contributed by atoms with Gasteiger partial charge in [0.25, 0.3) is 0 Å². The van der Waals surface area contributed by atoms with Crippen molar-refractivity contribution in [1.29, 1.82) is 0 Å². The van der Waals surface area contributed by atoms with Crippen LogP contribution >= 0.6 is 0 Å². The minimum atomic E-state index is 0.0281. The first kappa shape index (κ1) is 12.3. The average Bonchev–Trinajstić information content (AvgIpc) is 3.14. The fourth-order valence-corrected chi connectivity index (χ4v) is 2.72. The Labute approximate surface area is 113 Å². The number of carbonyl (C=O) groups excluding carboxylic acids is 1. The molecule has 0 atom stereocenters. The van der Waals surface area contributed by atoms with Crippen LogP contribution in [0.4, 0.5) is 0 Å². The molecule has 2 aliphatic rings. The van der Waals surface area contributed by atoms with Crippen LogP contribution in [0.5, 0.6) is 0 Å². The van der Waals surface area contributed by atoms with E-state index >= 15 is 0 Å². The Kier molecular flexibility index (Phi) is 3.05. The van der Waals surface area contributed by atoms with Crippen LogP contribution < -0.4 is 0 Å². The van der Waals surface area contributed by atoms with E-state index in [0.29, 0.717) is 5.76 Å². The summed E-state index contributed by atoms with van der Waals surface area (Å²) in [5, 5.41) is 0. The summed E-state index contributed by atoms with van der Waals surface area (Å²) in [4.78, 5) is 13.9. The van der Waals surface area contributed by atoms with Gasteiger partial charge in [-0.15, -0.1) is 0 Å². The number of rotatable bonds is 4. The van der Waals surface area contributed by atoms with Gasteiger partial charge < -0.3 is 9.64 Å². The Bertz CT molecular complexity index is 518. The number of hydrogen-bond acceptors (Lipinski definition) is 3. The van der Waals surface area contributed by atoms with Crippen LogP contribution in [0.15, 0.2) is 35.7 Å². The molecule has 0 N–H and O–H groups in total. The van der Waals surface area contributed by atoms with E-state index in [9.17, 15) is 4.79 Å². The molecule has 0 unspecified atom stereocenters. The van der Waals surface area contributed by atoms with E-state index in [4.69, 9.17) is 4.74 Å². The number of carbonyl (C=O) groups is 1. The summed E-state index contributed by atoms with van der Waals surface area (Å²) in [6.07, 6.45) is 1.91. The number of allylic oxidation sites excluding steroid dienone is 2. The van der Waals surface area contributed by atoms with Gasteiger partial charge in [-0.3, -0.25) is 4.79 Å². The Hall–Kier alpha value is -1.77. The zero-order valence-electron chi connectivity index (χ0n) is 11.5. The zero-order chi connectivity index (χ0) is 13.4. The molecular formula is C16H19NO2. The Morgan fingerprint density at radius 2 is 1.74 bits per heavy atom. The van der Waals surface area contributed by atoms with Crippen molar-refractivity contribution < 1.29 is 9.53 Å². The summed E-state index contributed by atoms with van der Waals surface area (Å²) in [5.74, 6) is 0.579. The summed E-state index contributed by atoms with van der Waals surface area (Å²) in [7, 11) is 0. The number of nitrogens with zero attached hydrogens (tertiary/aromatic N) is 1. The lowest BCUT2D eigenvalue weighted by Gasteiger charge is -2.17. The lowest BCUT2D eigenvalue weighted by atomic mass is 10.1. The number of fused-ring (bicyclic) bond motifs is 1. The van der Waals surface area contributed by atoms with Crippen molar-refractivity contribution in [2.24, 2.45) is 0 Å². The van der Waals surface area contributed by atoms with Crippen molar-refractivity contribution in [1.82, 2.24) is 4.90 Å². The SMILES string of the molecule is CC(=O)/C(OC1Cc2ccccc2C1)=C(\C)N1CC1. The first-order valence-electron chi connectivity index (χ1n) is 6.85. The highest BCUT2D eigenvalue weighted by atomic mass is 16.5. The van der Waals surface area contributed by atoms with E-state index in [2.05, 4.69) is 29.2 Å². The largest absolute Gasteiger partial charge is 0.484 e. The maximum atomic E-state index is 11.8. The zero-order valence-corrected chi connectivity index (χ0v) is 11.5. The first-order valence-corrected chi connectivity index (χ1v) is 6.85. The van der Waals surface area contributed by atoms with E-state index in [1.807, 2.05) is 6.92 Å². The maximum Gasteiger partial charge on any atom is 0.196 e.